The highest BCUT2D eigenvalue weighted by Gasteiger charge is 2.21. The molecule has 0 unspecified atom stereocenters. The zero-order valence-electron chi connectivity index (χ0n) is 17.2. The largest absolute Gasteiger partial charge is 0.472 e. The van der Waals surface area contributed by atoms with Gasteiger partial charge < -0.3 is 9.73 Å². The number of aromatic nitrogens is 4. The standard InChI is InChI=1S/C24H24N6O/c1-2-4-18(5-3-1)16-30-11-6-20(7-12-30)28-24-27-14-21(22-15-25-9-10-26-22)23(29-24)19-8-13-31-17-19/h1-5,8-10,13-15,17,20H,6-7,11-12,16H2,(H,27,28,29). The first-order valence-corrected chi connectivity index (χ1v) is 10.5. The second-order valence-corrected chi connectivity index (χ2v) is 7.74. The Labute approximate surface area is 181 Å². The Morgan fingerprint density at radius 1 is 1.00 bits per heavy atom. The van der Waals surface area contributed by atoms with Crippen molar-refractivity contribution in [2.75, 3.05) is 18.4 Å². The summed E-state index contributed by atoms with van der Waals surface area (Å²) in [6.45, 7) is 3.11. The van der Waals surface area contributed by atoms with Crippen molar-refractivity contribution in [2.24, 2.45) is 0 Å². The molecule has 0 atom stereocenters. The van der Waals surface area contributed by atoms with Crippen molar-refractivity contribution in [1.29, 1.82) is 0 Å². The van der Waals surface area contributed by atoms with Crippen LogP contribution >= 0.6 is 0 Å². The van der Waals surface area contributed by atoms with Crippen LogP contribution in [0.4, 0.5) is 5.95 Å². The third-order valence-corrected chi connectivity index (χ3v) is 5.59. The molecule has 4 heterocycles. The van der Waals surface area contributed by atoms with Gasteiger partial charge >= 0.3 is 0 Å². The normalized spacial score (nSPS) is 15.1. The first-order chi connectivity index (χ1) is 15.3. The molecular formula is C24H24N6O. The first kappa shape index (κ1) is 19.4. The number of furan rings is 1. The van der Waals surface area contributed by atoms with Gasteiger partial charge in [0.25, 0.3) is 0 Å². The number of hydrogen-bond donors (Lipinski definition) is 1. The van der Waals surface area contributed by atoms with Gasteiger partial charge in [-0.25, -0.2) is 9.97 Å². The number of nitrogens with zero attached hydrogens (tertiary/aromatic N) is 5. The second-order valence-electron chi connectivity index (χ2n) is 7.74. The average Bonchev–Trinajstić information content (AvgIpc) is 3.37. The van der Waals surface area contributed by atoms with Crippen LogP contribution in [0.1, 0.15) is 18.4 Å². The first-order valence-electron chi connectivity index (χ1n) is 10.5. The van der Waals surface area contributed by atoms with Gasteiger partial charge in [-0.1, -0.05) is 30.3 Å². The third-order valence-electron chi connectivity index (χ3n) is 5.59. The minimum atomic E-state index is 0.353. The van der Waals surface area contributed by atoms with E-state index in [9.17, 15) is 0 Å². The summed E-state index contributed by atoms with van der Waals surface area (Å²) in [4.78, 5) is 20.5. The number of anilines is 1. The molecule has 0 radical (unpaired) electrons. The summed E-state index contributed by atoms with van der Waals surface area (Å²) in [5.41, 5.74) is 4.61. The molecule has 4 aromatic rings. The van der Waals surface area contributed by atoms with Gasteiger partial charge in [0.2, 0.25) is 5.95 Å². The lowest BCUT2D eigenvalue weighted by Crippen LogP contribution is -2.39. The summed E-state index contributed by atoms with van der Waals surface area (Å²) in [7, 11) is 0. The zero-order chi connectivity index (χ0) is 20.9. The van der Waals surface area contributed by atoms with Crippen LogP contribution in [0.25, 0.3) is 22.5 Å². The van der Waals surface area contributed by atoms with Crippen molar-refractivity contribution in [3.63, 3.8) is 0 Å². The maximum Gasteiger partial charge on any atom is 0.223 e. The minimum absolute atomic E-state index is 0.353. The molecule has 1 aliphatic rings. The summed E-state index contributed by atoms with van der Waals surface area (Å²) in [5.74, 6) is 0.630. The molecule has 156 valence electrons. The zero-order valence-corrected chi connectivity index (χ0v) is 17.2. The lowest BCUT2D eigenvalue weighted by molar-refractivity contribution is 0.211. The monoisotopic (exact) mass is 412 g/mol. The number of rotatable bonds is 6. The fourth-order valence-electron chi connectivity index (χ4n) is 3.96. The Balaban J connectivity index is 1.29. The van der Waals surface area contributed by atoms with Gasteiger partial charge in [-0.15, -0.1) is 0 Å². The van der Waals surface area contributed by atoms with E-state index in [-0.39, 0.29) is 0 Å². The maximum atomic E-state index is 5.29. The second kappa shape index (κ2) is 9.06. The number of nitrogens with one attached hydrogen (secondary N) is 1. The Morgan fingerprint density at radius 3 is 2.61 bits per heavy atom. The fourth-order valence-corrected chi connectivity index (χ4v) is 3.96. The molecule has 31 heavy (non-hydrogen) atoms. The molecule has 1 aromatic carbocycles. The number of likely N-dealkylation sites (tertiary alicyclic amines) is 1. The van der Waals surface area contributed by atoms with E-state index in [1.165, 1.54) is 5.56 Å². The van der Waals surface area contributed by atoms with Crippen molar-refractivity contribution in [3.05, 3.63) is 79.3 Å². The van der Waals surface area contributed by atoms with Crippen molar-refractivity contribution >= 4 is 5.95 Å². The van der Waals surface area contributed by atoms with E-state index in [1.54, 1.807) is 31.1 Å². The van der Waals surface area contributed by atoms with Crippen LogP contribution < -0.4 is 5.32 Å². The molecule has 1 saturated heterocycles. The average molecular weight is 412 g/mol. The number of benzene rings is 1. The highest BCUT2D eigenvalue weighted by atomic mass is 16.3. The summed E-state index contributed by atoms with van der Waals surface area (Å²) < 4.78 is 5.29. The van der Waals surface area contributed by atoms with E-state index >= 15 is 0 Å². The van der Waals surface area contributed by atoms with Crippen molar-refractivity contribution < 1.29 is 4.42 Å². The summed E-state index contributed by atoms with van der Waals surface area (Å²) in [5, 5.41) is 3.53. The molecule has 0 aliphatic carbocycles. The third kappa shape index (κ3) is 4.62. The van der Waals surface area contributed by atoms with Crippen molar-refractivity contribution in [3.8, 4) is 22.5 Å². The van der Waals surface area contributed by atoms with Crippen LogP contribution in [-0.2, 0) is 6.54 Å². The molecule has 1 N–H and O–H groups in total. The Bertz CT molecular complexity index is 1090. The van der Waals surface area contributed by atoms with Crippen molar-refractivity contribution in [1.82, 2.24) is 24.8 Å². The minimum Gasteiger partial charge on any atom is -0.472 e. The molecule has 0 bridgehead atoms. The van der Waals surface area contributed by atoms with Crippen LogP contribution in [-0.4, -0.2) is 44.0 Å². The lowest BCUT2D eigenvalue weighted by Gasteiger charge is -2.32. The van der Waals surface area contributed by atoms with Crippen LogP contribution in [0.5, 0.6) is 0 Å². The molecule has 0 amide bonds. The molecule has 7 heteroatoms. The molecule has 0 saturated carbocycles. The topological polar surface area (TPSA) is 80.0 Å². The number of hydrogen-bond acceptors (Lipinski definition) is 7. The predicted octanol–water partition coefficient (Wildman–Crippen LogP) is 4.27. The quantitative estimate of drug-likeness (QED) is 0.506. The van der Waals surface area contributed by atoms with Gasteiger partial charge in [0.05, 0.1) is 30.1 Å². The maximum absolute atomic E-state index is 5.29. The van der Waals surface area contributed by atoms with Gasteiger partial charge in [0.1, 0.15) is 0 Å². The highest BCUT2D eigenvalue weighted by molar-refractivity contribution is 5.78. The lowest BCUT2D eigenvalue weighted by atomic mass is 10.0. The van der Waals surface area contributed by atoms with Crippen LogP contribution in [0.3, 0.4) is 0 Å². The Hall–Kier alpha value is -3.58. The molecule has 1 aliphatic heterocycles. The van der Waals surface area contributed by atoms with E-state index in [1.807, 2.05) is 12.3 Å². The molecule has 0 spiro atoms. The predicted molar refractivity (Wildman–Crippen MR) is 119 cm³/mol. The smallest absolute Gasteiger partial charge is 0.223 e. The van der Waals surface area contributed by atoms with Crippen LogP contribution in [0.2, 0.25) is 0 Å². The highest BCUT2D eigenvalue weighted by Crippen LogP contribution is 2.30. The molecule has 1 fully saturated rings. The van der Waals surface area contributed by atoms with Gasteiger partial charge in [-0.3, -0.25) is 14.9 Å². The summed E-state index contributed by atoms with van der Waals surface area (Å²) in [6.07, 6.45) is 12.3. The molecule has 7 nitrogen and oxygen atoms in total. The van der Waals surface area contributed by atoms with Crippen molar-refractivity contribution in [2.45, 2.75) is 25.4 Å². The molecule has 3 aromatic heterocycles. The van der Waals surface area contributed by atoms with E-state index in [0.717, 1.165) is 55.0 Å². The van der Waals surface area contributed by atoms with E-state index < -0.39 is 0 Å². The van der Waals surface area contributed by atoms with Crippen LogP contribution in [0, 0.1) is 0 Å². The summed E-state index contributed by atoms with van der Waals surface area (Å²) in [6, 6.07) is 12.9. The van der Waals surface area contributed by atoms with E-state index in [0.29, 0.717) is 12.0 Å². The number of piperidine rings is 1. The fraction of sp³-hybridized carbons (Fsp3) is 0.250. The SMILES string of the molecule is c1ccc(CN2CCC(Nc3ncc(-c4cnccn4)c(-c4ccoc4)n3)CC2)cc1. The van der Waals surface area contributed by atoms with Gasteiger partial charge in [0, 0.05) is 55.4 Å². The van der Waals surface area contributed by atoms with Gasteiger partial charge in [-0.2, -0.15) is 0 Å². The van der Waals surface area contributed by atoms with Crippen LogP contribution in [0.15, 0.2) is 78.1 Å². The van der Waals surface area contributed by atoms with E-state index in [2.05, 4.69) is 55.5 Å². The van der Waals surface area contributed by atoms with E-state index in [4.69, 9.17) is 9.40 Å². The Kier molecular flexibility index (Phi) is 5.66. The van der Waals surface area contributed by atoms with Gasteiger partial charge in [0.15, 0.2) is 0 Å². The molecule has 5 rings (SSSR count). The summed E-state index contributed by atoms with van der Waals surface area (Å²) >= 11 is 0. The molecular weight excluding hydrogens is 388 g/mol. The van der Waals surface area contributed by atoms with Gasteiger partial charge in [-0.05, 0) is 24.5 Å². The Morgan fingerprint density at radius 2 is 1.87 bits per heavy atom.